The standard InChI is InChI=1S/C9H19NO2/c1-6(7(2)10)8(11)12-9(3,4)5/h6-7H,10H2,1-5H3/t6-,7-/m0/s1. The van der Waals surface area contributed by atoms with Crippen molar-refractivity contribution in [3.63, 3.8) is 0 Å². The fraction of sp³-hybridized carbons (Fsp3) is 0.889. The highest BCUT2D eigenvalue weighted by atomic mass is 16.6. The lowest BCUT2D eigenvalue weighted by molar-refractivity contribution is -0.159. The van der Waals surface area contributed by atoms with Crippen LogP contribution in [0.5, 0.6) is 0 Å². The zero-order chi connectivity index (χ0) is 9.94. The van der Waals surface area contributed by atoms with Crippen LogP contribution >= 0.6 is 0 Å². The van der Waals surface area contributed by atoms with Crippen LogP contribution in [0.1, 0.15) is 34.6 Å². The number of hydrogen-bond acceptors (Lipinski definition) is 3. The molecular formula is C9H19NO2. The third kappa shape index (κ3) is 4.34. The summed E-state index contributed by atoms with van der Waals surface area (Å²) in [5.74, 6) is -0.457. The van der Waals surface area contributed by atoms with E-state index < -0.39 is 5.60 Å². The second-order valence-corrected chi connectivity index (χ2v) is 4.18. The zero-order valence-corrected chi connectivity index (χ0v) is 8.55. The maximum atomic E-state index is 11.3. The van der Waals surface area contributed by atoms with Crippen molar-refractivity contribution >= 4 is 5.97 Å². The fourth-order valence-electron chi connectivity index (χ4n) is 0.609. The summed E-state index contributed by atoms with van der Waals surface area (Å²) in [6, 6.07) is -0.153. The van der Waals surface area contributed by atoms with Gasteiger partial charge in [-0.1, -0.05) is 6.92 Å². The molecule has 0 aromatic rings. The number of carbonyl (C=O) groups is 1. The number of hydrogen-bond donors (Lipinski definition) is 1. The largest absolute Gasteiger partial charge is 0.460 e. The minimum Gasteiger partial charge on any atom is -0.460 e. The minimum atomic E-state index is -0.416. The van der Waals surface area contributed by atoms with E-state index in [9.17, 15) is 4.79 Å². The van der Waals surface area contributed by atoms with Crippen molar-refractivity contribution in [2.24, 2.45) is 11.7 Å². The van der Waals surface area contributed by atoms with Gasteiger partial charge in [-0.25, -0.2) is 0 Å². The third-order valence-electron chi connectivity index (χ3n) is 1.57. The molecule has 2 atom stereocenters. The van der Waals surface area contributed by atoms with Crippen LogP contribution in [-0.4, -0.2) is 17.6 Å². The molecule has 0 aromatic carbocycles. The van der Waals surface area contributed by atoms with E-state index in [0.717, 1.165) is 0 Å². The SMILES string of the molecule is C[C@H](N)[C@H](C)C(=O)OC(C)(C)C. The summed E-state index contributed by atoms with van der Waals surface area (Å²) in [5, 5.41) is 0. The molecule has 0 aliphatic carbocycles. The molecule has 2 N–H and O–H groups in total. The molecule has 3 nitrogen and oxygen atoms in total. The highest BCUT2D eigenvalue weighted by Crippen LogP contribution is 2.12. The molecule has 0 aromatic heterocycles. The van der Waals surface area contributed by atoms with E-state index in [1.807, 2.05) is 20.8 Å². The van der Waals surface area contributed by atoms with Crippen LogP contribution in [0.3, 0.4) is 0 Å². The summed E-state index contributed by atoms with van der Waals surface area (Å²) >= 11 is 0. The van der Waals surface area contributed by atoms with Crippen LogP contribution < -0.4 is 5.73 Å². The summed E-state index contributed by atoms with van der Waals surface area (Å²) in [4.78, 5) is 11.3. The van der Waals surface area contributed by atoms with Gasteiger partial charge in [-0.2, -0.15) is 0 Å². The summed E-state index contributed by atoms with van der Waals surface area (Å²) in [6.45, 7) is 9.11. The Morgan fingerprint density at radius 2 is 1.75 bits per heavy atom. The van der Waals surface area contributed by atoms with Crippen LogP contribution in [0, 0.1) is 5.92 Å². The van der Waals surface area contributed by atoms with Crippen molar-refractivity contribution < 1.29 is 9.53 Å². The maximum Gasteiger partial charge on any atom is 0.310 e. The summed E-state index contributed by atoms with van der Waals surface area (Å²) in [7, 11) is 0. The number of rotatable bonds is 2. The molecule has 0 spiro atoms. The number of esters is 1. The molecule has 0 aliphatic heterocycles. The van der Waals surface area contributed by atoms with Gasteiger partial charge in [0.15, 0.2) is 0 Å². The molecular weight excluding hydrogens is 154 g/mol. The Hall–Kier alpha value is -0.570. The first kappa shape index (κ1) is 11.4. The van der Waals surface area contributed by atoms with Gasteiger partial charge in [-0.15, -0.1) is 0 Å². The van der Waals surface area contributed by atoms with Crippen LogP contribution in [0.25, 0.3) is 0 Å². The van der Waals surface area contributed by atoms with Crippen LogP contribution in [0.2, 0.25) is 0 Å². The molecule has 0 saturated heterocycles. The Morgan fingerprint density at radius 3 is 2.00 bits per heavy atom. The van der Waals surface area contributed by atoms with Gasteiger partial charge >= 0.3 is 5.97 Å². The number of ether oxygens (including phenoxy) is 1. The Morgan fingerprint density at radius 1 is 1.33 bits per heavy atom. The molecule has 0 heterocycles. The Labute approximate surface area is 74.3 Å². The Balaban J connectivity index is 4.05. The monoisotopic (exact) mass is 173 g/mol. The molecule has 3 heteroatoms. The third-order valence-corrected chi connectivity index (χ3v) is 1.57. The molecule has 0 bridgehead atoms. The van der Waals surface area contributed by atoms with Crippen molar-refractivity contribution in [3.8, 4) is 0 Å². The van der Waals surface area contributed by atoms with Crippen LogP contribution in [0.15, 0.2) is 0 Å². The average Bonchev–Trinajstić information content (AvgIpc) is 1.82. The molecule has 0 saturated carbocycles. The van der Waals surface area contributed by atoms with Crippen molar-refractivity contribution in [1.82, 2.24) is 0 Å². The number of nitrogens with two attached hydrogens (primary N) is 1. The predicted octanol–water partition coefficient (Wildman–Crippen LogP) is 1.31. The van der Waals surface area contributed by atoms with E-state index in [1.54, 1.807) is 13.8 Å². The maximum absolute atomic E-state index is 11.3. The van der Waals surface area contributed by atoms with Gasteiger partial charge in [-0.3, -0.25) is 4.79 Å². The van der Waals surface area contributed by atoms with Crippen LogP contribution in [-0.2, 0) is 9.53 Å². The molecule has 0 rings (SSSR count). The van der Waals surface area contributed by atoms with Gasteiger partial charge in [0, 0.05) is 6.04 Å². The van der Waals surface area contributed by atoms with E-state index >= 15 is 0 Å². The molecule has 0 unspecified atom stereocenters. The van der Waals surface area contributed by atoms with Gasteiger partial charge < -0.3 is 10.5 Å². The molecule has 0 aliphatic rings. The van der Waals surface area contributed by atoms with Crippen molar-refractivity contribution in [2.45, 2.75) is 46.3 Å². The molecule has 72 valence electrons. The second kappa shape index (κ2) is 3.90. The topological polar surface area (TPSA) is 52.3 Å². The molecule has 0 radical (unpaired) electrons. The molecule has 0 amide bonds. The summed E-state index contributed by atoms with van der Waals surface area (Å²) in [6.07, 6.45) is 0. The number of carbonyl (C=O) groups excluding carboxylic acids is 1. The Bertz CT molecular complexity index is 158. The zero-order valence-electron chi connectivity index (χ0n) is 8.55. The van der Waals surface area contributed by atoms with Crippen LogP contribution in [0.4, 0.5) is 0 Å². The van der Waals surface area contributed by atoms with Gasteiger partial charge in [0.25, 0.3) is 0 Å². The van der Waals surface area contributed by atoms with Gasteiger partial charge in [0.2, 0.25) is 0 Å². The van der Waals surface area contributed by atoms with E-state index in [-0.39, 0.29) is 17.9 Å². The lowest BCUT2D eigenvalue weighted by Gasteiger charge is -2.23. The summed E-state index contributed by atoms with van der Waals surface area (Å²) < 4.78 is 5.14. The van der Waals surface area contributed by atoms with Gasteiger partial charge in [-0.05, 0) is 27.7 Å². The van der Waals surface area contributed by atoms with Crippen molar-refractivity contribution in [2.75, 3.05) is 0 Å². The van der Waals surface area contributed by atoms with Gasteiger partial charge in [0.1, 0.15) is 5.60 Å². The first-order valence-electron chi connectivity index (χ1n) is 4.22. The minimum absolute atomic E-state index is 0.153. The van der Waals surface area contributed by atoms with Crippen molar-refractivity contribution in [3.05, 3.63) is 0 Å². The first-order chi connectivity index (χ1) is 5.24. The quantitative estimate of drug-likeness (QED) is 0.640. The predicted molar refractivity (Wildman–Crippen MR) is 48.7 cm³/mol. The van der Waals surface area contributed by atoms with E-state index in [4.69, 9.17) is 10.5 Å². The summed E-state index contributed by atoms with van der Waals surface area (Å²) in [5.41, 5.74) is 5.14. The Kier molecular flexibility index (Phi) is 3.71. The highest BCUT2D eigenvalue weighted by molar-refractivity contribution is 5.73. The molecule has 12 heavy (non-hydrogen) atoms. The highest BCUT2D eigenvalue weighted by Gasteiger charge is 2.23. The van der Waals surface area contributed by atoms with E-state index in [0.29, 0.717) is 0 Å². The fourth-order valence-corrected chi connectivity index (χ4v) is 0.609. The normalized spacial score (nSPS) is 16.8. The van der Waals surface area contributed by atoms with E-state index in [2.05, 4.69) is 0 Å². The average molecular weight is 173 g/mol. The lowest BCUT2D eigenvalue weighted by Crippen LogP contribution is -2.35. The van der Waals surface area contributed by atoms with E-state index in [1.165, 1.54) is 0 Å². The first-order valence-corrected chi connectivity index (χ1v) is 4.22. The van der Waals surface area contributed by atoms with Crippen molar-refractivity contribution in [1.29, 1.82) is 0 Å². The van der Waals surface area contributed by atoms with Gasteiger partial charge in [0.05, 0.1) is 5.92 Å². The molecule has 0 fully saturated rings. The second-order valence-electron chi connectivity index (χ2n) is 4.18. The smallest absolute Gasteiger partial charge is 0.310 e. The lowest BCUT2D eigenvalue weighted by atomic mass is 10.0.